The summed E-state index contributed by atoms with van der Waals surface area (Å²) in [5.41, 5.74) is 8.45. The molecule has 0 radical (unpaired) electrons. The fourth-order valence-corrected chi connectivity index (χ4v) is 4.50. The Bertz CT molecular complexity index is 1390. The maximum Gasteiger partial charge on any atom is 0.334 e. The van der Waals surface area contributed by atoms with Gasteiger partial charge in [-0.05, 0) is 18.6 Å². The summed E-state index contributed by atoms with van der Waals surface area (Å²) in [6.45, 7) is 8.87. The number of likely N-dealkylation sites (tertiary alicyclic amines) is 1. The van der Waals surface area contributed by atoms with Gasteiger partial charge in [0.25, 0.3) is 0 Å². The molecular weight excluding hydrogens is 427 g/mol. The number of fused-ring (bicyclic) bond motifs is 2. The highest BCUT2D eigenvalue weighted by Gasteiger charge is 2.53. The first kappa shape index (κ1) is 19.8. The normalized spacial score (nSPS) is 22.8. The fraction of sp³-hybridized carbons (Fsp3) is 0.381. The number of aromatic nitrogens is 6. The molecule has 3 N–H and O–H groups in total. The van der Waals surface area contributed by atoms with E-state index in [1.54, 1.807) is 21.4 Å². The quantitative estimate of drug-likeness (QED) is 0.451. The zero-order valence-electron chi connectivity index (χ0n) is 17.6. The third-order valence-electron chi connectivity index (χ3n) is 6.39. The molecule has 0 amide bonds. The zero-order chi connectivity index (χ0) is 22.6. The smallest absolute Gasteiger partial charge is 0.334 e. The van der Waals surface area contributed by atoms with Gasteiger partial charge in [0.15, 0.2) is 11.5 Å². The van der Waals surface area contributed by atoms with Crippen LogP contribution in [0, 0.1) is 6.57 Å². The second-order valence-electron chi connectivity index (χ2n) is 8.38. The summed E-state index contributed by atoms with van der Waals surface area (Å²) in [6.07, 6.45) is 4.64. The van der Waals surface area contributed by atoms with Gasteiger partial charge in [-0.3, -0.25) is 4.85 Å². The van der Waals surface area contributed by atoms with Crippen LogP contribution < -0.4 is 11.1 Å². The summed E-state index contributed by atoms with van der Waals surface area (Å²) >= 11 is 0. The van der Waals surface area contributed by atoms with Crippen LogP contribution in [0.15, 0.2) is 36.8 Å². The van der Waals surface area contributed by atoms with Crippen LogP contribution in [0.1, 0.15) is 6.42 Å². The number of hydrogen-bond acceptors (Lipinski definition) is 8. The molecule has 0 spiro atoms. The average Bonchev–Trinajstić information content (AvgIpc) is 3.42. The van der Waals surface area contributed by atoms with E-state index in [0.29, 0.717) is 31.7 Å². The van der Waals surface area contributed by atoms with Crippen molar-refractivity contribution in [3.8, 4) is 11.3 Å². The molecule has 2 saturated heterocycles. The van der Waals surface area contributed by atoms with E-state index >= 15 is 0 Å². The molecule has 2 aliphatic heterocycles. The number of nitrogens with zero attached hydrogens (tertiary/aromatic N) is 8. The monoisotopic (exact) mass is 448 g/mol. The third-order valence-corrected chi connectivity index (χ3v) is 6.39. The standard InChI is InChI=1S/C21H21FN10O/c1-24-21(11-33-12-21)30-7-4-16(14(22)10-30)27-20-28-19(23)18-13(3-8-32(18)29-20)15-5-9-31-17(26-15)2-6-25-31/h2-3,5-6,8-9,14,16H,4,7,10-12H2,(H3,23,27,28,29)/t14-,16+/m1/s1. The van der Waals surface area contributed by atoms with E-state index in [4.69, 9.17) is 17.0 Å². The molecule has 0 aromatic carbocycles. The SMILES string of the molecule is [C-]#[N+]C1(N2CC[C@H](Nc3nc(N)c4c(-c5ccn6nccc6n5)ccn4n3)[C@H](F)C2)COC1. The van der Waals surface area contributed by atoms with Crippen LogP contribution >= 0.6 is 0 Å². The fourth-order valence-electron chi connectivity index (χ4n) is 4.50. The van der Waals surface area contributed by atoms with E-state index in [1.807, 2.05) is 29.3 Å². The molecule has 4 aromatic rings. The van der Waals surface area contributed by atoms with Crippen molar-refractivity contribution in [1.82, 2.24) is 34.1 Å². The maximum atomic E-state index is 15.0. The van der Waals surface area contributed by atoms with Gasteiger partial charge >= 0.3 is 5.66 Å². The molecular formula is C21H21FN10O. The molecule has 168 valence electrons. The Hall–Kier alpha value is -3.82. The molecule has 0 aliphatic carbocycles. The Morgan fingerprint density at radius 2 is 2.06 bits per heavy atom. The minimum atomic E-state index is -1.18. The highest BCUT2D eigenvalue weighted by molar-refractivity contribution is 5.86. The van der Waals surface area contributed by atoms with E-state index in [0.717, 1.165) is 16.9 Å². The van der Waals surface area contributed by atoms with Gasteiger partial charge in [-0.25, -0.2) is 29.9 Å². The summed E-state index contributed by atoms with van der Waals surface area (Å²) in [6, 6.07) is 5.08. The number of alkyl halides is 1. The molecule has 33 heavy (non-hydrogen) atoms. The summed E-state index contributed by atoms with van der Waals surface area (Å²) in [5.74, 6) is 0.531. The number of hydrogen-bond donors (Lipinski definition) is 2. The van der Waals surface area contributed by atoms with Gasteiger partial charge in [-0.2, -0.15) is 10.1 Å². The van der Waals surface area contributed by atoms with Gasteiger partial charge in [0.05, 0.1) is 17.9 Å². The van der Waals surface area contributed by atoms with Crippen molar-refractivity contribution in [2.45, 2.75) is 24.3 Å². The Morgan fingerprint density at radius 3 is 2.82 bits per heavy atom. The van der Waals surface area contributed by atoms with Crippen LogP contribution in [0.4, 0.5) is 16.2 Å². The molecule has 0 saturated carbocycles. The van der Waals surface area contributed by atoms with Gasteiger partial charge in [-0.15, -0.1) is 5.10 Å². The van der Waals surface area contributed by atoms with Gasteiger partial charge < -0.3 is 15.8 Å². The molecule has 0 unspecified atom stereocenters. The Kier molecular flexibility index (Phi) is 4.42. The van der Waals surface area contributed by atoms with Crippen LogP contribution in [0.2, 0.25) is 0 Å². The van der Waals surface area contributed by atoms with Crippen LogP contribution in [0.3, 0.4) is 0 Å². The molecule has 2 atom stereocenters. The van der Waals surface area contributed by atoms with Crippen LogP contribution in [-0.2, 0) is 4.74 Å². The first-order valence-corrected chi connectivity index (χ1v) is 10.6. The summed E-state index contributed by atoms with van der Waals surface area (Å²) < 4.78 is 23.5. The molecule has 0 bridgehead atoms. The summed E-state index contributed by atoms with van der Waals surface area (Å²) in [4.78, 5) is 14.6. The van der Waals surface area contributed by atoms with Gasteiger partial charge in [0.2, 0.25) is 5.95 Å². The van der Waals surface area contributed by atoms with Crippen molar-refractivity contribution in [3.05, 3.63) is 48.2 Å². The number of nitrogens with two attached hydrogens (primary N) is 1. The van der Waals surface area contributed by atoms with Gasteiger partial charge in [0, 0.05) is 37.1 Å². The molecule has 6 rings (SSSR count). The van der Waals surface area contributed by atoms with E-state index in [1.165, 1.54) is 0 Å². The second-order valence-corrected chi connectivity index (χ2v) is 8.38. The Balaban J connectivity index is 1.24. The lowest BCUT2D eigenvalue weighted by Gasteiger charge is -2.43. The highest BCUT2D eigenvalue weighted by Crippen LogP contribution is 2.32. The van der Waals surface area contributed by atoms with Crippen molar-refractivity contribution in [3.63, 3.8) is 0 Å². The van der Waals surface area contributed by atoms with Crippen LogP contribution in [-0.4, -0.2) is 78.3 Å². The van der Waals surface area contributed by atoms with E-state index in [2.05, 4.69) is 30.3 Å². The number of halogens is 1. The van der Waals surface area contributed by atoms with E-state index < -0.39 is 17.9 Å². The lowest BCUT2D eigenvalue weighted by Crippen LogP contribution is -2.64. The Labute approximate surface area is 187 Å². The predicted octanol–water partition coefficient (Wildman–Crippen LogP) is 1.49. The molecule has 11 nitrogen and oxygen atoms in total. The minimum Gasteiger partial charge on any atom is -0.382 e. The van der Waals surface area contributed by atoms with Crippen LogP contribution in [0.25, 0.3) is 27.3 Å². The van der Waals surface area contributed by atoms with Crippen molar-refractivity contribution >= 4 is 22.9 Å². The molecule has 2 fully saturated rings. The number of anilines is 2. The molecule has 6 heterocycles. The van der Waals surface area contributed by atoms with E-state index in [-0.39, 0.29) is 18.3 Å². The van der Waals surface area contributed by atoms with Crippen LogP contribution in [0.5, 0.6) is 0 Å². The molecule has 2 aliphatic rings. The lowest BCUT2D eigenvalue weighted by atomic mass is 9.97. The first-order chi connectivity index (χ1) is 16.1. The third kappa shape index (κ3) is 3.16. The Morgan fingerprint density at radius 1 is 1.21 bits per heavy atom. The average molecular weight is 448 g/mol. The lowest BCUT2D eigenvalue weighted by molar-refractivity contribution is -0.127. The number of nitrogen functional groups attached to an aromatic ring is 1. The van der Waals surface area contributed by atoms with E-state index in [9.17, 15) is 4.39 Å². The van der Waals surface area contributed by atoms with Gasteiger partial charge in [0.1, 0.15) is 24.9 Å². The van der Waals surface area contributed by atoms with Crippen molar-refractivity contribution in [1.29, 1.82) is 0 Å². The maximum absolute atomic E-state index is 15.0. The zero-order valence-corrected chi connectivity index (χ0v) is 17.6. The number of nitrogens with one attached hydrogen (secondary N) is 1. The number of piperidine rings is 1. The molecule has 4 aromatic heterocycles. The highest BCUT2D eigenvalue weighted by atomic mass is 19.1. The molecule has 12 heteroatoms. The predicted molar refractivity (Wildman–Crippen MR) is 118 cm³/mol. The first-order valence-electron chi connectivity index (χ1n) is 10.6. The largest absolute Gasteiger partial charge is 0.382 e. The number of ether oxygens (including phenoxy) is 1. The van der Waals surface area contributed by atoms with Crippen molar-refractivity contribution < 1.29 is 9.13 Å². The minimum absolute atomic E-state index is 0.164. The topological polar surface area (TPSA) is 115 Å². The van der Waals surface area contributed by atoms with Gasteiger partial charge in [-0.1, -0.05) is 0 Å². The van der Waals surface area contributed by atoms with Crippen molar-refractivity contribution in [2.75, 3.05) is 37.4 Å². The summed E-state index contributed by atoms with van der Waals surface area (Å²) in [7, 11) is 0. The summed E-state index contributed by atoms with van der Waals surface area (Å²) in [5, 5.41) is 11.8. The number of rotatable bonds is 4. The second kappa shape index (κ2) is 7.36. The van der Waals surface area contributed by atoms with Crippen molar-refractivity contribution in [2.24, 2.45) is 0 Å².